The molecule has 1 fully saturated rings. The van der Waals surface area contributed by atoms with Crippen LogP contribution in [0.25, 0.3) is 0 Å². The third-order valence-electron chi connectivity index (χ3n) is 4.97. The second kappa shape index (κ2) is 11.7. The number of phenolic OH excluding ortho intramolecular Hbond substituents is 1. The zero-order chi connectivity index (χ0) is 25.5. The van der Waals surface area contributed by atoms with E-state index < -0.39 is 41.6 Å². The van der Waals surface area contributed by atoms with Crippen LogP contribution in [0.3, 0.4) is 0 Å². The fourth-order valence-electron chi connectivity index (χ4n) is 3.35. The summed E-state index contributed by atoms with van der Waals surface area (Å²) >= 11 is 0. The molecule has 0 heterocycles. The molecule has 34 heavy (non-hydrogen) atoms. The van der Waals surface area contributed by atoms with Crippen molar-refractivity contribution < 1.29 is 33.8 Å². The Morgan fingerprint density at radius 3 is 2.29 bits per heavy atom. The number of alkyl carbamates (subject to hydrolysis) is 1. The fraction of sp³-hybridized carbons (Fsp3) is 0.583. The van der Waals surface area contributed by atoms with Gasteiger partial charge in [0.05, 0.1) is 13.0 Å². The van der Waals surface area contributed by atoms with Crippen LogP contribution in [-0.2, 0) is 23.9 Å². The van der Waals surface area contributed by atoms with E-state index in [2.05, 4.69) is 10.6 Å². The Morgan fingerprint density at radius 1 is 1.15 bits per heavy atom. The number of aromatic hydroxyl groups is 1. The van der Waals surface area contributed by atoms with Gasteiger partial charge in [-0.05, 0) is 65.2 Å². The van der Waals surface area contributed by atoms with E-state index in [0.29, 0.717) is 5.56 Å². The largest absolute Gasteiger partial charge is 0.508 e. The summed E-state index contributed by atoms with van der Waals surface area (Å²) in [6.07, 6.45) is 0.699. The molecule has 2 rings (SSSR count). The first kappa shape index (κ1) is 26.9. The molecule has 2 unspecified atom stereocenters. The molecule has 10 heteroatoms. The van der Waals surface area contributed by atoms with Crippen molar-refractivity contribution in [3.63, 3.8) is 0 Å². The first-order valence-corrected chi connectivity index (χ1v) is 11.5. The van der Waals surface area contributed by atoms with Crippen LogP contribution < -0.4 is 10.6 Å². The van der Waals surface area contributed by atoms with Crippen molar-refractivity contribution in [1.82, 2.24) is 15.5 Å². The van der Waals surface area contributed by atoms with Gasteiger partial charge in [-0.2, -0.15) is 0 Å². The van der Waals surface area contributed by atoms with E-state index >= 15 is 0 Å². The number of nitrogens with one attached hydrogen (secondary N) is 2. The van der Waals surface area contributed by atoms with Gasteiger partial charge < -0.3 is 30.1 Å². The second-order valence-corrected chi connectivity index (χ2v) is 9.18. The van der Waals surface area contributed by atoms with E-state index in [1.807, 2.05) is 0 Å². The third kappa shape index (κ3) is 8.24. The highest BCUT2D eigenvalue weighted by molar-refractivity contribution is 5.92. The SMILES string of the molecule is CCOC(=O)CCNC(=O)C(c1ccc(O)cc1)N(C(=O)C(C)NC(=O)OC(C)(C)C)C1CC1. The zero-order valence-corrected chi connectivity index (χ0v) is 20.4. The quantitative estimate of drug-likeness (QED) is 0.441. The molecule has 3 amide bonds. The number of ether oxygens (including phenoxy) is 2. The van der Waals surface area contributed by atoms with Crippen molar-refractivity contribution >= 4 is 23.9 Å². The summed E-state index contributed by atoms with van der Waals surface area (Å²) in [6, 6.07) is 3.88. The van der Waals surface area contributed by atoms with E-state index in [0.717, 1.165) is 12.8 Å². The summed E-state index contributed by atoms with van der Waals surface area (Å²) in [5, 5.41) is 14.9. The van der Waals surface area contributed by atoms with Gasteiger partial charge in [-0.25, -0.2) is 4.79 Å². The Kier molecular flexibility index (Phi) is 9.28. The number of amides is 3. The van der Waals surface area contributed by atoms with Crippen molar-refractivity contribution in [1.29, 1.82) is 0 Å². The number of phenols is 1. The highest BCUT2D eigenvalue weighted by Gasteiger charge is 2.43. The summed E-state index contributed by atoms with van der Waals surface area (Å²) in [6.45, 7) is 8.68. The standard InChI is InChI=1S/C24H35N3O7/c1-6-33-19(29)13-14-25-21(30)20(16-7-11-18(28)12-8-16)27(17-9-10-17)22(31)15(2)26-23(32)34-24(3,4)5/h7-8,11-12,15,17,20,28H,6,9-10,13-14H2,1-5H3,(H,25,30)(H,26,32). The summed E-state index contributed by atoms with van der Waals surface area (Å²) < 4.78 is 10.1. The van der Waals surface area contributed by atoms with Gasteiger partial charge in [0.2, 0.25) is 11.8 Å². The summed E-state index contributed by atoms with van der Waals surface area (Å²) in [5.41, 5.74) is -0.229. The molecule has 0 saturated heterocycles. The molecule has 2 atom stereocenters. The number of nitrogens with zero attached hydrogens (tertiary/aromatic N) is 1. The summed E-state index contributed by atoms with van der Waals surface area (Å²) in [4.78, 5) is 52.0. The first-order chi connectivity index (χ1) is 15.9. The Balaban J connectivity index is 2.23. The van der Waals surface area contributed by atoms with E-state index in [9.17, 15) is 24.3 Å². The lowest BCUT2D eigenvalue weighted by Gasteiger charge is -2.33. The molecule has 188 valence electrons. The number of hydrogen-bond acceptors (Lipinski definition) is 7. The fourth-order valence-corrected chi connectivity index (χ4v) is 3.35. The molecule has 0 aromatic heterocycles. The number of carbonyl (C=O) groups excluding carboxylic acids is 4. The van der Waals surface area contributed by atoms with Crippen LogP contribution in [0.5, 0.6) is 5.75 Å². The Morgan fingerprint density at radius 2 is 1.76 bits per heavy atom. The van der Waals surface area contributed by atoms with Crippen molar-refractivity contribution in [2.24, 2.45) is 0 Å². The molecule has 0 radical (unpaired) electrons. The van der Waals surface area contributed by atoms with Gasteiger partial charge >= 0.3 is 12.1 Å². The maximum Gasteiger partial charge on any atom is 0.408 e. The van der Waals surface area contributed by atoms with Gasteiger partial charge in [-0.1, -0.05) is 12.1 Å². The topological polar surface area (TPSA) is 134 Å². The molecule has 1 aromatic carbocycles. The van der Waals surface area contributed by atoms with Gasteiger partial charge in [0, 0.05) is 12.6 Å². The van der Waals surface area contributed by atoms with Crippen molar-refractivity contribution in [2.75, 3.05) is 13.2 Å². The predicted molar refractivity (Wildman–Crippen MR) is 124 cm³/mol. The van der Waals surface area contributed by atoms with Gasteiger partial charge in [-0.3, -0.25) is 14.4 Å². The molecule has 0 spiro atoms. The average Bonchev–Trinajstić information content (AvgIpc) is 3.56. The van der Waals surface area contributed by atoms with Gasteiger partial charge in [0.1, 0.15) is 23.4 Å². The first-order valence-electron chi connectivity index (χ1n) is 11.5. The number of rotatable bonds is 10. The number of carbonyl (C=O) groups is 4. The Bertz CT molecular complexity index is 876. The smallest absolute Gasteiger partial charge is 0.408 e. The van der Waals surface area contributed by atoms with Crippen LogP contribution in [0.4, 0.5) is 4.79 Å². The van der Waals surface area contributed by atoms with Gasteiger partial charge in [-0.15, -0.1) is 0 Å². The van der Waals surface area contributed by atoms with Gasteiger partial charge in [0.15, 0.2) is 0 Å². The Labute approximate surface area is 200 Å². The van der Waals surface area contributed by atoms with Crippen LogP contribution in [0.2, 0.25) is 0 Å². The lowest BCUT2D eigenvalue weighted by atomic mass is 10.0. The van der Waals surface area contributed by atoms with E-state index in [4.69, 9.17) is 9.47 Å². The molecular weight excluding hydrogens is 442 g/mol. The van der Waals surface area contributed by atoms with Crippen LogP contribution in [0.15, 0.2) is 24.3 Å². The molecule has 3 N–H and O–H groups in total. The van der Waals surface area contributed by atoms with E-state index in [1.165, 1.54) is 24.0 Å². The highest BCUT2D eigenvalue weighted by Crippen LogP contribution is 2.36. The van der Waals surface area contributed by atoms with Gasteiger partial charge in [0.25, 0.3) is 0 Å². The maximum absolute atomic E-state index is 13.4. The summed E-state index contributed by atoms with van der Waals surface area (Å²) in [7, 11) is 0. The lowest BCUT2D eigenvalue weighted by molar-refractivity contribution is -0.144. The minimum Gasteiger partial charge on any atom is -0.508 e. The second-order valence-electron chi connectivity index (χ2n) is 9.18. The maximum atomic E-state index is 13.4. The van der Waals surface area contributed by atoms with Crippen molar-refractivity contribution in [3.05, 3.63) is 29.8 Å². The van der Waals surface area contributed by atoms with Crippen LogP contribution >= 0.6 is 0 Å². The zero-order valence-electron chi connectivity index (χ0n) is 20.4. The van der Waals surface area contributed by atoms with E-state index in [1.54, 1.807) is 39.8 Å². The number of esters is 1. The predicted octanol–water partition coefficient (Wildman–Crippen LogP) is 2.41. The molecule has 1 aliphatic rings. The molecule has 0 bridgehead atoms. The molecule has 1 aliphatic carbocycles. The number of benzene rings is 1. The minimum absolute atomic E-state index is 0.00411. The van der Waals surface area contributed by atoms with Crippen molar-refractivity contribution in [3.8, 4) is 5.75 Å². The third-order valence-corrected chi connectivity index (χ3v) is 4.97. The average molecular weight is 478 g/mol. The minimum atomic E-state index is -1.01. The van der Waals surface area contributed by atoms with Crippen LogP contribution in [-0.4, -0.2) is 64.7 Å². The monoisotopic (exact) mass is 477 g/mol. The molecule has 10 nitrogen and oxygen atoms in total. The molecule has 1 saturated carbocycles. The van der Waals surface area contributed by atoms with Crippen LogP contribution in [0.1, 0.15) is 65.5 Å². The lowest BCUT2D eigenvalue weighted by Crippen LogP contribution is -2.52. The highest BCUT2D eigenvalue weighted by atomic mass is 16.6. The van der Waals surface area contributed by atoms with Crippen molar-refractivity contribution in [2.45, 2.75) is 77.6 Å². The molecule has 0 aliphatic heterocycles. The molecular formula is C24H35N3O7. The molecule has 1 aromatic rings. The normalized spacial score (nSPS) is 15.0. The van der Waals surface area contributed by atoms with Crippen LogP contribution in [0, 0.1) is 0 Å². The number of hydrogen-bond donors (Lipinski definition) is 3. The Hall–Kier alpha value is -3.30. The summed E-state index contributed by atoms with van der Waals surface area (Å²) in [5.74, 6) is -1.32. The van der Waals surface area contributed by atoms with E-state index in [-0.39, 0.29) is 31.4 Å².